The van der Waals surface area contributed by atoms with Crippen LogP contribution in [0.5, 0.6) is 0 Å². The minimum Gasteiger partial charge on any atom is -0.335 e. The lowest BCUT2D eigenvalue weighted by molar-refractivity contribution is 0.0742. The van der Waals surface area contributed by atoms with Crippen molar-refractivity contribution in [2.24, 2.45) is 0 Å². The van der Waals surface area contributed by atoms with Crippen LogP contribution in [-0.4, -0.2) is 22.8 Å². The van der Waals surface area contributed by atoms with Crippen molar-refractivity contribution in [3.05, 3.63) is 63.9 Å². The van der Waals surface area contributed by atoms with Crippen molar-refractivity contribution < 1.29 is 4.79 Å². The first-order valence-corrected chi connectivity index (χ1v) is 7.23. The summed E-state index contributed by atoms with van der Waals surface area (Å²) in [4.78, 5) is 18.4. The predicted molar refractivity (Wildman–Crippen MR) is 83.6 cm³/mol. The molecule has 20 heavy (non-hydrogen) atoms. The Bertz CT molecular complexity index is 613. The molecule has 1 aromatic carbocycles. The second-order valence-electron chi connectivity index (χ2n) is 4.83. The van der Waals surface area contributed by atoms with Crippen LogP contribution >= 0.6 is 15.9 Å². The van der Waals surface area contributed by atoms with Crippen molar-refractivity contribution in [3.63, 3.8) is 0 Å². The number of amides is 1. The molecule has 0 bridgehead atoms. The van der Waals surface area contributed by atoms with E-state index < -0.39 is 0 Å². The van der Waals surface area contributed by atoms with Crippen molar-refractivity contribution in [1.29, 1.82) is 0 Å². The number of pyridine rings is 1. The van der Waals surface area contributed by atoms with Crippen molar-refractivity contribution in [1.82, 2.24) is 9.88 Å². The van der Waals surface area contributed by atoms with Gasteiger partial charge in [-0.1, -0.05) is 22.0 Å². The molecule has 2 rings (SSSR count). The fourth-order valence-corrected chi connectivity index (χ4v) is 2.42. The Kier molecular flexibility index (Phi) is 4.55. The molecular formula is C16H17BrN2O. The van der Waals surface area contributed by atoms with Gasteiger partial charge in [-0.3, -0.25) is 9.78 Å². The van der Waals surface area contributed by atoms with Gasteiger partial charge in [-0.05, 0) is 49.2 Å². The van der Waals surface area contributed by atoms with Gasteiger partial charge in [0.15, 0.2) is 0 Å². The highest BCUT2D eigenvalue weighted by Gasteiger charge is 2.20. The molecule has 1 amide bonds. The average molecular weight is 333 g/mol. The van der Waals surface area contributed by atoms with E-state index in [1.807, 2.05) is 51.2 Å². The van der Waals surface area contributed by atoms with E-state index in [1.165, 1.54) is 0 Å². The normalized spacial score (nSPS) is 12.0. The number of benzene rings is 1. The number of carbonyl (C=O) groups is 1. The number of hydrogen-bond acceptors (Lipinski definition) is 2. The first-order chi connectivity index (χ1) is 9.50. The molecule has 0 aliphatic rings. The summed E-state index contributed by atoms with van der Waals surface area (Å²) in [6.45, 7) is 3.96. The number of aryl methyl sites for hydroxylation is 1. The molecule has 0 saturated carbocycles. The van der Waals surface area contributed by atoms with Crippen molar-refractivity contribution in [3.8, 4) is 0 Å². The van der Waals surface area contributed by atoms with Gasteiger partial charge in [-0.2, -0.15) is 0 Å². The lowest BCUT2D eigenvalue weighted by Gasteiger charge is -2.26. The number of halogens is 1. The summed E-state index contributed by atoms with van der Waals surface area (Å²) in [6, 6.07) is 9.63. The van der Waals surface area contributed by atoms with Crippen LogP contribution < -0.4 is 0 Å². The Morgan fingerprint density at radius 1 is 1.25 bits per heavy atom. The minimum absolute atomic E-state index is 0.00359. The molecule has 0 aliphatic carbocycles. The average Bonchev–Trinajstić information content (AvgIpc) is 2.48. The maximum Gasteiger partial charge on any atom is 0.254 e. The molecule has 104 valence electrons. The van der Waals surface area contributed by atoms with E-state index in [1.54, 1.807) is 17.3 Å². The summed E-state index contributed by atoms with van der Waals surface area (Å²) in [7, 11) is 1.83. The van der Waals surface area contributed by atoms with Crippen LogP contribution in [0.2, 0.25) is 0 Å². The van der Waals surface area contributed by atoms with Gasteiger partial charge >= 0.3 is 0 Å². The molecule has 1 aromatic heterocycles. The Morgan fingerprint density at radius 2 is 1.90 bits per heavy atom. The van der Waals surface area contributed by atoms with E-state index in [2.05, 4.69) is 20.9 Å². The zero-order valence-electron chi connectivity index (χ0n) is 11.8. The Labute approximate surface area is 127 Å². The second kappa shape index (κ2) is 6.18. The molecule has 0 N–H and O–H groups in total. The lowest BCUT2D eigenvalue weighted by Crippen LogP contribution is -2.30. The molecule has 2 aromatic rings. The van der Waals surface area contributed by atoms with Gasteiger partial charge in [0.2, 0.25) is 0 Å². The quantitative estimate of drug-likeness (QED) is 0.851. The van der Waals surface area contributed by atoms with E-state index in [0.29, 0.717) is 0 Å². The van der Waals surface area contributed by atoms with Crippen molar-refractivity contribution in [2.45, 2.75) is 19.9 Å². The number of carbonyl (C=O) groups excluding carboxylic acids is 1. The fraction of sp³-hybridized carbons (Fsp3) is 0.250. The maximum atomic E-state index is 12.6. The summed E-state index contributed by atoms with van der Waals surface area (Å²) in [5, 5.41) is 0. The summed E-state index contributed by atoms with van der Waals surface area (Å²) in [5.74, 6) is 0.0214. The summed E-state index contributed by atoms with van der Waals surface area (Å²) in [5.41, 5.74) is 2.78. The summed E-state index contributed by atoms with van der Waals surface area (Å²) in [6.07, 6.45) is 3.49. The van der Waals surface area contributed by atoms with Crippen LogP contribution in [-0.2, 0) is 0 Å². The number of hydrogen-bond donors (Lipinski definition) is 0. The zero-order valence-corrected chi connectivity index (χ0v) is 13.4. The smallest absolute Gasteiger partial charge is 0.254 e. The topological polar surface area (TPSA) is 33.2 Å². The van der Waals surface area contributed by atoms with Gasteiger partial charge in [-0.15, -0.1) is 0 Å². The maximum absolute atomic E-state index is 12.6. The second-order valence-corrected chi connectivity index (χ2v) is 5.75. The van der Waals surface area contributed by atoms with Gasteiger partial charge in [0.1, 0.15) is 0 Å². The highest BCUT2D eigenvalue weighted by molar-refractivity contribution is 9.10. The molecule has 1 heterocycles. The molecule has 1 unspecified atom stereocenters. The monoisotopic (exact) mass is 332 g/mol. The fourth-order valence-electron chi connectivity index (χ4n) is 2.06. The van der Waals surface area contributed by atoms with Gasteiger partial charge in [0, 0.05) is 29.5 Å². The minimum atomic E-state index is 0.00359. The molecule has 0 aliphatic heterocycles. The molecule has 3 nitrogen and oxygen atoms in total. The summed E-state index contributed by atoms with van der Waals surface area (Å²) >= 11 is 3.42. The lowest BCUT2D eigenvalue weighted by atomic mass is 10.0. The third kappa shape index (κ3) is 3.07. The number of nitrogens with zero attached hydrogens (tertiary/aromatic N) is 2. The SMILES string of the molecule is Cc1ccc(Br)cc1C(=O)N(C)C(C)c1ccncc1. The molecular weight excluding hydrogens is 316 g/mol. The molecule has 0 saturated heterocycles. The van der Waals surface area contributed by atoms with Crippen LogP contribution in [0.15, 0.2) is 47.2 Å². The molecule has 1 atom stereocenters. The van der Waals surface area contributed by atoms with E-state index in [4.69, 9.17) is 0 Å². The van der Waals surface area contributed by atoms with Crippen LogP contribution in [0.4, 0.5) is 0 Å². The van der Waals surface area contributed by atoms with Crippen molar-refractivity contribution >= 4 is 21.8 Å². The Morgan fingerprint density at radius 3 is 2.55 bits per heavy atom. The molecule has 0 spiro atoms. The van der Waals surface area contributed by atoms with Crippen LogP contribution in [0.3, 0.4) is 0 Å². The first kappa shape index (κ1) is 14.7. The number of rotatable bonds is 3. The highest BCUT2D eigenvalue weighted by Crippen LogP contribution is 2.23. The standard InChI is InChI=1S/C16H17BrN2O/c1-11-4-5-14(17)10-15(11)16(20)19(3)12(2)13-6-8-18-9-7-13/h4-10,12H,1-3H3. The Balaban J connectivity index is 2.27. The largest absolute Gasteiger partial charge is 0.335 e. The third-order valence-corrected chi connectivity index (χ3v) is 4.01. The van der Waals surface area contributed by atoms with Gasteiger partial charge in [-0.25, -0.2) is 0 Å². The van der Waals surface area contributed by atoms with Crippen LogP contribution in [0, 0.1) is 6.92 Å². The molecule has 0 fully saturated rings. The molecule has 4 heteroatoms. The zero-order chi connectivity index (χ0) is 14.7. The predicted octanol–water partition coefficient (Wildman–Crippen LogP) is 3.99. The van der Waals surface area contributed by atoms with Crippen LogP contribution in [0.25, 0.3) is 0 Å². The summed E-state index contributed by atoms with van der Waals surface area (Å²) < 4.78 is 0.913. The van der Waals surface area contributed by atoms with E-state index in [-0.39, 0.29) is 11.9 Å². The first-order valence-electron chi connectivity index (χ1n) is 6.44. The van der Waals surface area contributed by atoms with E-state index >= 15 is 0 Å². The highest BCUT2D eigenvalue weighted by atomic mass is 79.9. The van der Waals surface area contributed by atoms with Gasteiger partial charge in [0.05, 0.1) is 6.04 Å². The number of aromatic nitrogens is 1. The Hall–Kier alpha value is -1.68. The van der Waals surface area contributed by atoms with Gasteiger partial charge < -0.3 is 4.90 Å². The van der Waals surface area contributed by atoms with E-state index in [0.717, 1.165) is 21.2 Å². The molecule has 0 radical (unpaired) electrons. The van der Waals surface area contributed by atoms with Crippen molar-refractivity contribution in [2.75, 3.05) is 7.05 Å². The van der Waals surface area contributed by atoms with Crippen LogP contribution in [0.1, 0.15) is 34.5 Å². The van der Waals surface area contributed by atoms with Gasteiger partial charge in [0.25, 0.3) is 5.91 Å². The van der Waals surface area contributed by atoms with E-state index in [9.17, 15) is 4.79 Å². The third-order valence-electron chi connectivity index (χ3n) is 3.52.